The van der Waals surface area contributed by atoms with Crippen LogP contribution in [-0.2, 0) is 19.1 Å². The van der Waals surface area contributed by atoms with Crippen LogP contribution < -0.4 is 0 Å². The van der Waals surface area contributed by atoms with E-state index in [2.05, 4.69) is 19.9 Å². The first-order valence-corrected chi connectivity index (χ1v) is 9.90. The standard InChI is InChI=1S/C20H29NO5/c1-12-5-3-9-20(2)17(26-20)16-13(8-7-12)14(19(24)25-16)11-21-10-4-6-15(21)18(22)23/h5,13-17H,3-4,6-11H2,1-2H3,(H,22,23)/b12-5+/t13-,14-,15?,16-,17-,20+/m0/s1. The minimum atomic E-state index is -0.784. The van der Waals surface area contributed by atoms with Crippen molar-refractivity contribution in [1.82, 2.24) is 4.90 Å². The van der Waals surface area contributed by atoms with Crippen molar-refractivity contribution < 1.29 is 24.2 Å². The predicted molar refractivity (Wildman–Crippen MR) is 94.6 cm³/mol. The zero-order valence-electron chi connectivity index (χ0n) is 15.6. The monoisotopic (exact) mass is 363 g/mol. The molecule has 0 aromatic carbocycles. The van der Waals surface area contributed by atoms with Crippen molar-refractivity contribution in [2.45, 2.75) is 76.2 Å². The van der Waals surface area contributed by atoms with Gasteiger partial charge in [0.15, 0.2) is 0 Å². The number of carbonyl (C=O) groups excluding carboxylic acids is 1. The minimum Gasteiger partial charge on any atom is -0.480 e. The normalized spacial score (nSPS) is 45.2. The second kappa shape index (κ2) is 6.64. The number of epoxide rings is 1. The SMILES string of the molecule is C/C1=C\CC[C@@]2(C)O[C@H]2[C@H]2OC(=O)[C@@H](CN3CCCC3C(=O)O)[C@@H]2CC1. The van der Waals surface area contributed by atoms with Gasteiger partial charge in [0.2, 0.25) is 0 Å². The van der Waals surface area contributed by atoms with E-state index >= 15 is 0 Å². The molecule has 144 valence electrons. The van der Waals surface area contributed by atoms with Crippen LogP contribution in [0.2, 0.25) is 0 Å². The van der Waals surface area contributed by atoms with E-state index < -0.39 is 12.0 Å². The summed E-state index contributed by atoms with van der Waals surface area (Å²) < 4.78 is 11.8. The van der Waals surface area contributed by atoms with Crippen molar-refractivity contribution in [2.24, 2.45) is 11.8 Å². The molecule has 3 saturated heterocycles. The Balaban J connectivity index is 1.54. The van der Waals surface area contributed by atoms with E-state index in [1.807, 2.05) is 4.90 Å². The van der Waals surface area contributed by atoms with Gasteiger partial charge in [0.05, 0.1) is 11.5 Å². The summed E-state index contributed by atoms with van der Waals surface area (Å²) in [6.45, 7) is 5.50. The molecule has 3 fully saturated rings. The third-order valence-corrected chi connectivity index (χ3v) is 6.82. The van der Waals surface area contributed by atoms with Gasteiger partial charge in [0.1, 0.15) is 18.2 Å². The number of ether oxygens (including phenoxy) is 2. The highest BCUT2D eigenvalue weighted by atomic mass is 16.6. The molecule has 0 aromatic heterocycles. The summed E-state index contributed by atoms with van der Waals surface area (Å²) in [6, 6.07) is -0.467. The fraction of sp³-hybridized carbons (Fsp3) is 0.800. The average molecular weight is 363 g/mol. The number of nitrogens with zero attached hydrogens (tertiary/aromatic N) is 1. The van der Waals surface area contributed by atoms with E-state index in [1.54, 1.807) is 0 Å². The second-order valence-corrected chi connectivity index (χ2v) is 8.64. The zero-order valence-corrected chi connectivity index (χ0v) is 15.6. The smallest absolute Gasteiger partial charge is 0.320 e. The van der Waals surface area contributed by atoms with Crippen molar-refractivity contribution in [3.05, 3.63) is 11.6 Å². The number of aliphatic carboxylic acids is 1. The van der Waals surface area contributed by atoms with E-state index in [0.717, 1.165) is 38.6 Å². The first-order chi connectivity index (χ1) is 12.4. The summed E-state index contributed by atoms with van der Waals surface area (Å²) in [4.78, 5) is 26.1. The molecular weight excluding hydrogens is 334 g/mol. The molecule has 4 rings (SSSR count). The summed E-state index contributed by atoms with van der Waals surface area (Å²) in [6.07, 6.45) is 7.43. The molecule has 0 amide bonds. The van der Waals surface area contributed by atoms with Crippen LogP contribution in [0.15, 0.2) is 11.6 Å². The number of fused-ring (bicyclic) bond motifs is 3. The van der Waals surface area contributed by atoms with Crippen LogP contribution in [0.1, 0.15) is 52.4 Å². The Labute approximate surface area is 154 Å². The van der Waals surface area contributed by atoms with E-state index in [0.29, 0.717) is 13.0 Å². The quantitative estimate of drug-likeness (QED) is 0.471. The van der Waals surface area contributed by atoms with Gasteiger partial charge in [0.25, 0.3) is 0 Å². The molecule has 6 nitrogen and oxygen atoms in total. The fourth-order valence-electron chi connectivity index (χ4n) is 5.12. The Kier molecular flexibility index (Phi) is 4.59. The van der Waals surface area contributed by atoms with Crippen molar-refractivity contribution >= 4 is 11.9 Å². The molecule has 0 aromatic rings. The molecule has 0 spiro atoms. The summed E-state index contributed by atoms with van der Waals surface area (Å²) in [7, 11) is 0. The number of carboxylic acid groups (broad SMARTS) is 1. The molecule has 0 radical (unpaired) electrons. The lowest BCUT2D eigenvalue weighted by Crippen LogP contribution is -2.42. The molecular formula is C20H29NO5. The maximum atomic E-state index is 12.7. The molecule has 3 heterocycles. The summed E-state index contributed by atoms with van der Waals surface area (Å²) in [5.74, 6) is -1.10. The first kappa shape index (κ1) is 18.0. The Hall–Kier alpha value is -1.40. The van der Waals surface area contributed by atoms with E-state index in [1.165, 1.54) is 5.57 Å². The van der Waals surface area contributed by atoms with Crippen molar-refractivity contribution in [3.63, 3.8) is 0 Å². The van der Waals surface area contributed by atoms with Crippen LogP contribution in [0.4, 0.5) is 0 Å². The number of carboxylic acids is 1. The van der Waals surface area contributed by atoms with Crippen LogP contribution >= 0.6 is 0 Å². The molecule has 4 aliphatic rings. The number of allylic oxidation sites excluding steroid dienone is 2. The zero-order chi connectivity index (χ0) is 18.5. The number of hydrogen-bond donors (Lipinski definition) is 1. The third kappa shape index (κ3) is 3.18. The van der Waals surface area contributed by atoms with Gasteiger partial charge < -0.3 is 14.6 Å². The lowest BCUT2D eigenvalue weighted by Gasteiger charge is -2.27. The molecule has 1 aliphatic carbocycles. The van der Waals surface area contributed by atoms with Crippen LogP contribution in [0.3, 0.4) is 0 Å². The summed E-state index contributed by atoms with van der Waals surface area (Å²) in [5.41, 5.74) is 1.16. The highest BCUT2D eigenvalue weighted by Gasteiger charge is 2.62. The van der Waals surface area contributed by atoms with Crippen molar-refractivity contribution in [1.29, 1.82) is 0 Å². The lowest BCUT2D eigenvalue weighted by atomic mass is 9.80. The van der Waals surface area contributed by atoms with Gasteiger partial charge in [-0.25, -0.2) is 0 Å². The number of carbonyl (C=O) groups is 2. The average Bonchev–Trinajstić information content (AvgIpc) is 2.92. The number of esters is 1. The molecule has 0 bridgehead atoms. The maximum absolute atomic E-state index is 12.7. The molecule has 3 aliphatic heterocycles. The Bertz CT molecular complexity index is 632. The van der Waals surface area contributed by atoms with Gasteiger partial charge in [-0.05, 0) is 58.9 Å². The molecule has 6 atom stereocenters. The molecule has 1 unspecified atom stereocenters. The summed E-state index contributed by atoms with van der Waals surface area (Å²) in [5, 5.41) is 9.44. The van der Waals surface area contributed by atoms with Crippen LogP contribution in [0.25, 0.3) is 0 Å². The highest BCUT2D eigenvalue weighted by molar-refractivity contribution is 5.77. The Morgan fingerprint density at radius 3 is 3.00 bits per heavy atom. The maximum Gasteiger partial charge on any atom is 0.320 e. The second-order valence-electron chi connectivity index (χ2n) is 8.64. The Morgan fingerprint density at radius 2 is 2.23 bits per heavy atom. The van der Waals surface area contributed by atoms with E-state index in [9.17, 15) is 14.7 Å². The van der Waals surface area contributed by atoms with Gasteiger partial charge >= 0.3 is 11.9 Å². The number of likely N-dealkylation sites (tertiary alicyclic amines) is 1. The van der Waals surface area contributed by atoms with Gasteiger partial charge in [-0.1, -0.05) is 11.6 Å². The van der Waals surface area contributed by atoms with Crippen molar-refractivity contribution in [2.75, 3.05) is 13.1 Å². The predicted octanol–water partition coefficient (Wildman–Crippen LogP) is 2.37. The largest absolute Gasteiger partial charge is 0.480 e. The molecule has 6 heteroatoms. The third-order valence-electron chi connectivity index (χ3n) is 6.82. The van der Waals surface area contributed by atoms with Crippen LogP contribution in [0.5, 0.6) is 0 Å². The van der Waals surface area contributed by atoms with Gasteiger partial charge in [-0.3, -0.25) is 14.5 Å². The number of rotatable bonds is 3. The number of hydrogen-bond acceptors (Lipinski definition) is 5. The molecule has 0 saturated carbocycles. The topological polar surface area (TPSA) is 79.4 Å². The molecule has 1 N–H and O–H groups in total. The van der Waals surface area contributed by atoms with Gasteiger partial charge in [-0.2, -0.15) is 0 Å². The van der Waals surface area contributed by atoms with Gasteiger partial charge in [0, 0.05) is 12.5 Å². The van der Waals surface area contributed by atoms with Gasteiger partial charge in [-0.15, -0.1) is 0 Å². The lowest BCUT2D eigenvalue weighted by molar-refractivity contribution is -0.147. The highest BCUT2D eigenvalue weighted by Crippen LogP contribution is 2.50. The molecule has 26 heavy (non-hydrogen) atoms. The minimum absolute atomic E-state index is 0.0119. The van der Waals surface area contributed by atoms with E-state index in [4.69, 9.17) is 9.47 Å². The van der Waals surface area contributed by atoms with Crippen molar-refractivity contribution in [3.8, 4) is 0 Å². The fourth-order valence-corrected chi connectivity index (χ4v) is 5.12. The first-order valence-electron chi connectivity index (χ1n) is 9.90. The Morgan fingerprint density at radius 1 is 1.42 bits per heavy atom. The van der Waals surface area contributed by atoms with Crippen LogP contribution in [0, 0.1) is 11.8 Å². The van der Waals surface area contributed by atoms with E-state index in [-0.39, 0.29) is 35.6 Å². The van der Waals surface area contributed by atoms with Crippen LogP contribution in [-0.4, -0.2) is 58.9 Å². The summed E-state index contributed by atoms with van der Waals surface area (Å²) >= 11 is 0.